The predicted molar refractivity (Wildman–Crippen MR) is 142 cm³/mol. The molecular weight excluding hydrogens is 518 g/mol. The summed E-state index contributed by atoms with van der Waals surface area (Å²) in [5, 5.41) is 13.4. The molecule has 12 heteroatoms. The fourth-order valence-corrected chi connectivity index (χ4v) is 4.55. The molecule has 2 N–H and O–H groups in total. The fraction of sp³-hybridized carbons (Fsp3) is 0.308. The topological polar surface area (TPSA) is 102 Å². The molecule has 2 heterocycles. The summed E-state index contributed by atoms with van der Waals surface area (Å²) in [6.45, 7) is 5.31. The Kier molecular flexibility index (Phi) is 7.96. The quantitative estimate of drug-likeness (QED) is 0.438. The van der Waals surface area contributed by atoms with E-state index >= 15 is 4.39 Å². The van der Waals surface area contributed by atoms with Gasteiger partial charge in [-0.1, -0.05) is 24.2 Å². The molecule has 1 aromatic heterocycles. The number of benzene rings is 2. The number of nitrogens with zero attached hydrogens (tertiary/aromatic N) is 5. The van der Waals surface area contributed by atoms with Crippen LogP contribution in [0.3, 0.4) is 0 Å². The molecular formula is C26H27ClF2N6O3. The van der Waals surface area contributed by atoms with E-state index in [0.717, 1.165) is 6.07 Å². The molecule has 0 bridgehead atoms. The molecule has 3 aromatic rings. The standard InChI is InChI=1S/C26H27ClF2N6O3/c1-4-19(37)34-10-12-35(13-11-34)25-15-14-16(27)21(22-17(28)6-5-7-18(22)36)23(29)24(15)31-26(32-25)30-9-8-20(38)33(2)3/h4-7,14,36H,1,8-13H2,2-3H3,(H,30,31,32). The van der Waals surface area contributed by atoms with E-state index in [-0.39, 0.29) is 57.8 Å². The lowest BCUT2D eigenvalue weighted by Crippen LogP contribution is -2.48. The van der Waals surface area contributed by atoms with Gasteiger partial charge in [0.2, 0.25) is 17.8 Å². The zero-order valence-corrected chi connectivity index (χ0v) is 21.7. The van der Waals surface area contributed by atoms with Crippen LogP contribution in [0.15, 0.2) is 36.9 Å². The number of amides is 2. The summed E-state index contributed by atoms with van der Waals surface area (Å²) in [5.74, 6) is -2.11. The number of halogens is 3. The zero-order valence-electron chi connectivity index (χ0n) is 21.0. The molecule has 0 atom stereocenters. The van der Waals surface area contributed by atoms with Gasteiger partial charge in [0.1, 0.15) is 22.9 Å². The van der Waals surface area contributed by atoms with Crippen LogP contribution in [0.1, 0.15) is 6.42 Å². The molecule has 9 nitrogen and oxygen atoms in total. The fourth-order valence-electron chi connectivity index (χ4n) is 4.26. The van der Waals surface area contributed by atoms with Crippen LogP contribution in [0.2, 0.25) is 5.02 Å². The maximum atomic E-state index is 16.0. The van der Waals surface area contributed by atoms with Crippen molar-refractivity contribution in [2.45, 2.75) is 6.42 Å². The van der Waals surface area contributed by atoms with E-state index in [1.807, 2.05) is 4.90 Å². The number of anilines is 2. The van der Waals surface area contributed by atoms with E-state index in [2.05, 4.69) is 21.9 Å². The predicted octanol–water partition coefficient (Wildman–Crippen LogP) is 3.66. The molecule has 2 amide bonds. The summed E-state index contributed by atoms with van der Waals surface area (Å²) in [6.07, 6.45) is 1.41. The van der Waals surface area contributed by atoms with Crippen molar-refractivity contribution in [1.29, 1.82) is 0 Å². The van der Waals surface area contributed by atoms with Crippen LogP contribution < -0.4 is 10.2 Å². The first-order valence-corrected chi connectivity index (χ1v) is 12.3. The van der Waals surface area contributed by atoms with Crippen molar-refractivity contribution >= 4 is 46.1 Å². The van der Waals surface area contributed by atoms with E-state index in [9.17, 15) is 19.1 Å². The van der Waals surface area contributed by atoms with Crippen LogP contribution in [0.5, 0.6) is 5.75 Å². The van der Waals surface area contributed by atoms with E-state index < -0.39 is 17.4 Å². The molecule has 4 rings (SSSR count). The number of hydrogen-bond donors (Lipinski definition) is 2. The molecule has 0 saturated carbocycles. The second-order valence-electron chi connectivity index (χ2n) is 8.93. The average Bonchev–Trinajstić information content (AvgIpc) is 2.89. The number of carbonyl (C=O) groups is 2. The summed E-state index contributed by atoms with van der Waals surface area (Å²) in [4.78, 5) is 37.9. The van der Waals surface area contributed by atoms with Crippen LogP contribution in [0, 0.1) is 11.6 Å². The molecule has 0 aliphatic carbocycles. The molecule has 1 saturated heterocycles. The molecule has 1 aliphatic heterocycles. The Bertz CT molecular complexity index is 1390. The molecule has 0 unspecified atom stereocenters. The summed E-state index contributed by atoms with van der Waals surface area (Å²) >= 11 is 6.46. The molecule has 200 valence electrons. The number of rotatable bonds is 7. The van der Waals surface area contributed by atoms with Gasteiger partial charge < -0.3 is 25.1 Å². The monoisotopic (exact) mass is 544 g/mol. The van der Waals surface area contributed by atoms with Gasteiger partial charge in [-0.3, -0.25) is 9.59 Å². The highest BCUT2D eigenvalue weighted by atomic mass is 35.5. The lowest BCUT2D eigenvalue weighted by atomic mass is 10.0. The zero-order chi connectivity index (χ0) is 27.6. The lowest BCUT2D eigenvalue weighted by molar-refractivity contribution is -0.128. The summed E-state index contributed by atoms with van der Waals surface area (Å²) in [6, 6.07) is 5.08. The number of phenolic OH excluding ortho intramolecular Hbond substituents is 1. The Labute approximate surface area is 223 Å². The van der Waals surface area contributed by atoms with Crippen molar-refractivity contribution in [2.75, 3.05) is 57.0 Å². The maximum absolute atomic E-state index is 16.0. The Balaban J connectivity index is 1.81. The van der Waals surface area contributed by atoms with Crippen molar-refractivity contribution in [3.8, 4) is 16.9 Å². The Hall–Kier alpha value is -3.99. The third-order valence-corrected chi connectivity index (χ3v) is 6.59. The summed E-state index contributed by atoms with van der Waals surface area (Å²) in [7, 11) is 3.28. The van der Waals surface area contributed by atoms with Crippen LogP contribution >= 0.6 is 11.6 Å². The van der Waals surface area contributed by atoms with Crippen molar-refractivity contribution in [3.05, 3.63) is 53.6 Å². The minimum Gasteiger partial charge on any atom is -0.507 e. The number of fused-ring (bicyclic) bond motifs is 1. The number of piperazine rings is 1. The highest BCUT2D eigenvalue weighted by Gasteiger charge is 2.27. The highest BCUT2D eigenvalue weighted by molar-refractivity contribution is 6.34. The minimum atomic E-state index is -0.926. The van der Waals surface area contributed by atoms with Gasteiger partial charge >= 0.3 is 0 Å². The highest BCUT2D eigenvalue weighted by Crippen LogP contribution is 2.42. The first-order chi connectivity index (χ1) is 18.1. The van der Waals surface area contributed by atoms with Crippen molar-refractivity contribution in [2.24, 2.45) is 0 Å². The van der Waals surface area contributed by atoms with Gasteiger partial charge in [0.05, 0.1) is 10.6 Å². The van der Waals surface area contributed by atoms with E-state index in [0.29, 0.717) is 32.0 Å². The SMILES string of the molecule is C=CC(=O)N1CCN(c2nc(NCCC(=O)N(C)C)nc3c(F)c(-c4c(O)cccc4F)c(Cl)cc23)CC1. The number of nitrogens with one attached hydrogen (secondary N) is 1. The number of carbonyl (C=O) groups excluding carboxylic acids is 2. The second-order valence-corrected chi connectivity index (χ2v) is 9.34. The first-order valence-electron chi connectivity index (χ1n) is 11.9. The minimum absolute atomic E-state index is 0.0635. The second kappa shape index (κ2) is 11.2. The normalized spacial score (nSPS) is 13.5. The molecule has 38 heavy (non-hydrogen) atoms. The first kappa shape index (κ1) is 27.1. The van der Waals surface area contributed by atoms with Crippen LogP contribution in [-0.2, 0) is 9.59 Å². The third-order valence-electron chi connectivity index (χ3n) is 6.29. The third kappa shape index (κ3) is 5.33. The van der Waals surface area contributed by atoms with Gasteiger partial charge in [0.25, 0.3) is 0 Å². The smallest absolute Gasteiger partial charge is 0.246 e. The van der Waals surface area contributed by atoms with E-state index in [1.54, 1.807) is 19.0 Å². The largest absolute Gasteiger partial charge is 0.507 e. The molecule has 1 fully saturated rings. The molecule has 2 aromatic carbocycles. The van der Waals surface area contributed by atoms with Crippen molar-refractivity contribution in [1.82, 2.24) is 19.8 Å². The Morgan fingerprint density at radius 1 is 1.18 bits per heavy atom. The van der Waals surface area contributed by atoms with Crippen molar-refractivity contribution < 1.29 is 23.5 Å². The maximum Gasteiger partial charge on any atom is 0.246 e. The van der Waals surface area contributed by atoms with Crippen LogP contribution in [0.25, 0.3) is 22.0 Å². The van der Waals surface area contributed by atoms with Gasteiger partial charge in [-0.05, 0) is 24.3 Å². The lowest BCUT2D eigenvalue weighted by Gasteiger charge is -2.35. The summed E-state index contributed by atoms with van der Waals surface area (Å²) in [5.41, 5.74) is -0.836. The van der Waals surface area contributed by atoms with Crippen molar-refractivity contribution in [3.63, 3.8) is 0 Å². The Morgan fingerprint density at radius 3 is 2.53 bits per heavy atom. The van der Waals surface area contributed by atoms with E-state index in [4.69, 9.17) is 11.6 Å². The van der Waals surface area contributed by atoms with Gasteiger partial charge in [-0.2, -0.15) is 4.98 Å². The van der Waals surface area contributed by atoms with Gasteiger partial charge in [-0.25, -0.2) is 13.8 Å². The molecule has 1 aliphatic rings. The number of phenols is 1. The number of aromatic nitrogens is 2. The summed E-state index contributed by atoms with van der Waals surface area (Å²) < 4.78 is 30.7. The van der Waals surface area contributed by atoms with Gasteiger partial charge in [0, 0.05) is 64.2 Å². The van der Waals surface area contributed by atoms with E-state index in [1.165, 1.54) is 29.2 Å². The number of hydrogen-bond acceptors (Lipinski definition) is 7. The van der Waals surface area contributed by atoms with Gasteiger partial charge in [-0.15, -0.1) is 0 Å². The Morgan fingerprint density at radius 2 is 1.89 bits per heavy atom. The molecule has 0 spiro atoms. The molecule has 0 radical (unpaired) electrons. The van der Waals surface area contributed by atoms with Crippen LogP contribution in [0.4, 0.5) is 20.5 Å². The average molecular weight is 545 g/mol. The number of aromatic hydroxyl groups is 1. The van der Waals surface area contributed by atoms with Crippen LogP contribution in [-0.4, -0.2) is 83.5 Å². The van der Waals surface area contributed by atoms with Gasteiger partial charge in [0.15, 0.2) is 5.82 Å².